The van der Waals surface area contributed by atoms with Crippen LogP contribution in [0, 0.1) is 6.92 Å². The highest BCUT2D eigenvalue weighted by atomic mass is 32.1. The van der Waals surface area contributed by atoms with Crippen molar-refractivity contribution < 1.29 is 4.79 Å². The molecule has 29 heavy (non-hydrogen) atoms. The largest absolute Gasteiger partial charge is 0.354 e. The highest BCUT2D eigenvalue weighted by molar-refractivity contribution is 7.21. The first-order valence-corrected chi connectivity index (χ1v) is 10.8. The summed E-state index contributed by atoms with van der Waals surface area (Å²) in [4.78, 5) is 23.6. The van der Waals surface area contributed by atoms with E-state index in [0.29, 0.717) is 5.92 Å². The SMILES string of the molecule is Cc1cc(-c2[nH]c3cc(C(=O)N4CCNCC4)sc3c2C(C)C)cn2ncnc12. The van der Waals surface area contributed by atoms with E-state index in [0.717, 1.165) is 59.0 Å². The zero-order valence-electron chi connectivity index (χ0n) is 16.8. The highest BCUT2D eigenvalue weighted by Gasteiger charge is 2.24. The average molecular weight is 409 g/mol. The van der Waals surface area contributed by atoms with E-state index in [1.54, 1.807) is 17.7 Å². The van der Waals surface area contributed by atoms with Crippen LogP contribution in [-0.2, 0) is 0 Å². The minimum atomic E-state index is 0.136. The van der Waals surface area contributed by atoms with E-state index in [-0.39, 0.29) is 5.91 Å². The molecule has 4 aromatic heterocycles. The zero-order valence-corrected chi connectivity index (χ0v) is 17.6. The molecule has 0 aliphatic carbocycles. The lowest BCUT2D eigenvalue weighted by Gasteiger charge is -2.26. The number of thiophene rings is 1. The van der Waals surface area contributed by atoms with Crippen LogP contribution in [0.4, 0.5) is 0 Å². The number of nitrogens with one attached hydrogen (secondary N) is 2. The summed E-state index contributed by atoms with van der Waals surface area (Å²) >= 11 is 1.60. The van der Waals surface area contributed by atoms with Gasteiger partial charge in [0.05, 0.1) is 20.8 Å². The van der Waals surface area contributed by atoms with E-state index in [1.807, 2.05) is 21.7 Å². The Hall–Kier alpha value is -2.71. The van der Waals surface area contributed by atoms with Crippen molar-refractivity contribution in [2.45, 2.75) is 26.7 Å². The molecular weight excluding hydrogens is 384 g/mol. The summed E-state index contributed by atoms with van der Waals surface area (Å²) in [6.07, 6.45) is 3.60. The molecule has 5 rings (SSSR count). The van der Waals surface area contributed by atoms with E-state index in [9.17, 15) is 4.79 Å². The summed E-state index contributed by atoms with van der Waals surface area (Å²) in [5.41, 5.74) is 6.43. The molecule has 0 atom stereocenters. The number of nitrogens with zero attached hydrogens (tertiary/aromatic N) is 4. The maximum atomic E-state index is 12.9. The van der Waals surface area contributed by atoms with Crippen molar-refractivity contribution in [3.63, 3.8) is 0 Å². The molecule has 0 bridgehead atoms. The Labute approximate surface area is 172 Å². The fourth-order valence-electron chi connectivity index (χ4n) is 4.14. The predicted octanol–water partition coefficient (Wildman–Crippen LogP) is 3.42. The lowest BCUT2D eigenvalue weighted by atomic mass is 9.99. The van der Waals surface area contributed by atoms with Gasteiger partial charge in [-0.05, 0) is 36.1 Å². The second-order valence-corrected chi connectivity index (χ2v) is 8.96. The van der Waals surface area contributed by atoms with Gasteiger partial charge in [0.15, 0.2) is 5.65 Å². The molecule has 1 fully saturated rings. The van der Waals surface area contributed by atoms with Crippen molar-refractivity contribution in [3.05, 3.63) is 40.7 Å². The molecule has 7 nitrogen and oxygen atoms in total. The molecule has 0 spiro atoms. The number of amides is 1. The van der Waals surface area contributed by atoms with Gasteiger partial charge >= 0.3 is 0 Å². The molecule has 1 aliphatic heterocycles. The van der Waals surface area contributed by atoms with Gasteiger partial charge in [-0.25, -0.2) is 9.50 Å². The first-order valence-electron chi connectivity index (χ1n) is 9.98. The molecule has 0 saturated carbocycles. The number of rotatable bonds is 3. The fourth-order valence-corrected chi connectivity index (χ4v) is 5.42. The van der Waals surface area contributed by atoms with Crippen LogP contribution in [0.2, 0.25) is 0 Å². The van der Waals surface area contributed by atoms with Crippen LogP contribution < -0.4 is 5.32 Å². The van der Waals surface area contributed by atoms with Crippen molar-refractivity contribution in [2.24, 2.45) is 0 Å². The second-order valence-electron chi connectivity index (χ2n) is 7.90. The van der Waals surface area contributed by atoms with Crippen molar-refractivity contribution in [2.75, 3.05) is 26.2 Å². The molecule has 150 valence electrons. The maximum absolute atomic E-state index is 12.9. The zero-order chi connectivity index (χ0) is 20.1. The second kappa shape index (κ2) is 6.96. The van der Waals surface area contributed by atoms with Gasteiger partial charge < -0.3 is 15.2 Å². The quantitative estimate of drug-likeness (QED) is 0.545. The Balaban J connectivity index is 1.60. The highest BCUT2D eigenvalue weighted by Crippen LogP contribution is 2.40. The molecule has 0 aromatic carbocycles. The lowest BCUT2D eigenvalue weighted by molar-refractivity contribution is 0.0741. The number of piperazine rings is 1. The third-order valence-electron chi connectivity index (χ3n) is 5.55. The van der Waals surface area contributed by atoms with Gasteiger partial charge in [-0.3, -0.25) is 4.79 Å². The number of aromatic amines is 1. The summed E-state index contributed by atoms with van der Waals surface area (Å²) in [5, 5.41) is 7.61. The van der Waals surface area contributed by atoms with Crippen molar-refractivity contribution >= 4 is 33.1 Å². The van der Waals surface area contributed by atoms with Gasteiger partial charge in [0.25, 0.3) is 5.91 Å². The summed E-state index contributed by atoms with van der Waals surface area (Å²) < 4.78 is 2.99. The van der Waals surface area contributed by atoms with Crippen LogP contribution in [-0.4, -0.2) is 56.6 Å². The Morgan fingerprint density at radius 3 is 2.79 bits per heavy atom. The van der Waals surface area contributed by atoms with E-state index < -0.39 is 0 Å². The molecular formula is C21H24N6OS. The number of hydrogen-bond donors (Lipinski definition) is 2. The smallest absolute Gasteiger partial charge is 0.264 e. The van der Waals surface area contributed by atoms with E-state index in [1.165, 1.54) is 10.3 Å². The number of carbonyl (C=O) groups excluding carboxylic acids is 1. The number of aryl methyl sites for hydroxylation is 1. The third kappa shape index (κ3) is 3.03. The Morgan fingerprint density at radius 1 is 1.24 bits per heavy atom. The van der Waals surface area contributed by atoms with Crippen LogP contribution in [0.1, 0.15) is 40.6 Å². The van der Waals surface area contributed by atoms with E-state index in [2.05, 4.69) is 47.2 Å². The number of aromatic nitrogens is 4. The minimum absolute atomic E-state index is 0.136. The number of hydrogen-bond acceptors (Lipinski definition) is 5. The Morgan fingerprint density at radius 2 is 2.03 bits per heavy atom. The Bertz CT molecular complexity index is 1210. The minimum Gasteiger partial charge on any atom is -0.354 e. The molecule has 1 saturated heterocycles. The predicted molar refractivity (Wildman–Crippen MR) is 116 cm³/mol. The number of fused-ring (bicyclic) bond motifs is 2. The fraction of sp³-hybridized carbons (Fsp3) is 0.381. The number of H-pyrrole nitrogens is 1. The van der Waals surface area contributed by atoms with Gasteiger partial charge in [0.1, 0.15) is 6.33 Å². The van der Waals surface area contributed by atoms with Gasteiger partial charge in [-0.2, -0.15) is 5.10 Å². The summed E-state index contributed by atoms with van der Waals surface area (Å²) in [5.74, 6) is 0.462. The first kappa shape index (κ1) is 18.3. The van der Waals surface area contributed by atoms with Crippen molar-refractivity contribution in [1.29, 1.82) is 0 Å². The van der Waals surface area contributed by atoms with Crippen molar-refractivity contribution in [3.8, 4) is 11.3 Å². The number of carbonyl (C=O) groups is 1. The molecule has 5 heterocycles. The van der Waals surface area contributed by atoms with Gasteiger partial charge in [0, 0.05) is 37.9 Å². The Kier molecular flexibility index (Phi) is 4.40. The molecule has 4 aromatic rings. The third-order valence-corrected chi connectivity index (χ3v) is 6.70. The normalized spacial score (nSPS) is 15.1. The van der Waals surface area contributed by atoms with Crippen LogP contribution >= 0.6 is 11.3 Å². The van der Waals surface area contributed by atoms with E-state index in [4.69, 9.17) is 0 Å². The van der Waals surface area contributed by atoms with Gasteiger partial charge in [-0.1, -0.05) is 13.8 Å². The monoisotopic (exact) mass is 408 g/mol. The van der Waals surface area contributed by atoms with Crippen LogP contribution in [0.15, 0.2) is 24.7 Å². The standard InChI is InChI=1S/C21H24N6OS/c1-12(2)17-18(14-8-13(3)20-23-11-24-27(20)10-14)25-15-9-16(29-19(15)17)21(28)26-6-4-22-5-7-26/h8-12,22,25H,4-7H2,1-3H3. The summed E-state index contributed by atoms with van der Waals surface area (Å²) in [7, 11) is 0. The number of pyridine rings is 1. The topological polar surface area (TPSA) is 78.3 Å². The van der Waals surface area contributed by atoms with Crippen LogP contribution in [0.5, 0.6) is 0 Å². The van der Waals surface area contributed by atoms with Gasteiger partial charge in [-0.15, -0.1) is 11.3 Å². The van der Waals surface area contributed by atoms with E-state index >= 15 is 0 Å². The van der Waals surface area contributed by atoms with Gasteiger partial charge in [0.2, 0.25) is 0 Å². The molecule has 2 N–H and O–H groups in total. The maximum Gasteiger partial charge on any atom is 0.264 e. The molecule has 0 radical (unpaired) electrons. The summed E-state index contributed by atoms with van der Waals surface area (Å²) in [6.45, 7) is 9.71. The van der Waals surface area contributed by atoms with Crippen LogP contribution in [0.3, 0.4) is 0 Å². The molecule has 1 amide bonds. The van der Waals surface area contributed by atoms with Crippen molar-refractivity contribution in [1.82, 2.24) is 29.8 Å². The molecule has 0 unspecified atom stereocenters. The van der Waals surface area contributed by atoms with Crippen LogP contribution in [0.25, 0.3) is 27.1 Å². The lowest BCUT2D eigenvalue weighted by Crippen LogP contribution is -2.46. The summed E-state index contributed by atoms with van der Waals surface area (Å²) in [6, 6.07) is 4.17. The molecule has 1 aliphatic rings. The molecule has 8 heteroatoms. The first-order chi connectivity index (χ1) is 14.0. The average Bonchev–Trinajstić information content (AvgIpc) is 3.41.